The van der Waals surface area contributed by atoms with Crippen LogP contribution in [0.1, 0.15) is 33.1 Å². The average molecular weight is 220 g/mol. The van der Waals surface area contributed by atoms with Crippen molar-refractivity contribution < 1.29 is 9.84 Å². The normalized spacial score (nSPS) is 27.2. The number of aliphatic hydroxyl groups excluding tert-OH is 1. The van der Waals surface area contributed by atoms with Crippen molar-refractivity contribution in [1.82, 2.24) is 0 Å². The Balaban J connectivity index is 2.07. The molecule has 0 aromatic heterocycles. The van der Waals surface area contributed by atoms with Gasteiger partial charge in [0.15, 0.2) is 0 Å². The van der Waals surface area contributed by atoms with Crippen molar-refractivity contribution in [2.45, 2.75) is 45.3 Å². The van der Waals surface area contributed by atoms with Crippen LogP contribution in [0.25, 0.3) is 0 Å². The summed E-state index contributed by atoms with van der Waals surface area (Å²) in [5, 5.41) is 9.93. The maximum Gasteiger partial charge on any atom is 0.119 e. The zero-order valence-corrected chi connectivity index (χ0v) is 10.0. The quantitative estimate of drug-likeness (QED) is 0.845. The van der Waals surface area contributed by atoms with Gasteiger partial charge in [0.1, 0.15) is 11.9 Å². The van der Waals surface area contributed by atoms with Crippen LogP contribution in [0.4, 0.5) is 0 Å². The summed E-state index contributed by atoms with van der Waals surface area (Å²) < 4.78 is 5.96. The Hall–Kier alpha value is -1.02. The highest BCUT2D eigenvalue weighted by Gasteiger charge is 2.53. The van der Waals surface area contributed by atoms with Gasteiger partial charge in [-0.15, -0.1) is 0 Å². The summed E-state index contributed by atoms with van der Waals surface area (Å²) in [5.41, 5.74) is -0.0319. The van der Waals surface area contributed by atoms with Crippen LogP contribution in [0, 0.1) is 5.41 Å². The molecule has 0 spiro atoms. The molecule has 88 valence electrons. The van der Waals surface area contributed by atoms with Gasteiger partial charge in [0.05, 0.1) is 6.10 Å². The van der Waals surface area contributed by atoms with Gasteiger partial charge in [0.25, 0.3) is 0 Å². The van der Waals surface area contributed by atoms with Crippen LogP contribution >= 0.6 is 0 Å². The third-order valence-corrected chi connectivity index (χ3v) is 4.08. The highest BCUT2D eigenvalue weighted by atomic mass is 16.5. The fourth-order valence-electron chi connectivity index (χ4n) is 2.73. The molecule has 0 radical (unpaired) electrons. The van der Waals surface area contributed by atoms with Crippen LogP contribution in [0.5, 0.6) is 5.75 Å². The molecule has 1 fully saturated rings. The minimum absolute atomic E-state index is 0.0319. The molecule has 16 heavy (non-hydrogen) atoms. The molecule has 1 aromatic carbocycles. The maximum atomic E-state index is 9.93. The highest BCUT2D eigenvalue weighted by molar-refractivity contribution is 5.22. The van der Waals surface area contributed by atoms with Crippen molar-refractivity contribution in [3.63, 3.8) is 0 Å². The van der Waals surface area contributed by atoms with E-state index in [1.165, 1.54) is 0 Å². The average Bonchev–Trinajstić information content (AvgIpc) is 2.32. The van der Waals surface area contributed by atoms with Crippen molar-refractivity contribution in [1.29, 1.82) is 0 Å². The summed E-state index contributed by atoms with van der Waals surface area (Å²) in [6, 6.07) is 9.88. The third kappa shape index (κ3) is 1.71. The Morgan fingerprint density at radius 3 is 2.38 bits per heavy atom. The van der Waals surface area contributed by atoms with Crippen molar-refractivity contribution in [3.8, 4) is 5.75 Å². The Morgan fingerprint density at radius 1 is 1.25 bits per heavy atom. The van der Waals surface area contributed by atoms with Gasteiger partial charge in [-0.2, -0.15) is 0 Å². The van der Waals surface area contributed by atoms with E-state index in [2.05, 4.69) is 13.8 Å². The molecular weight excluding hydrogens is 200 g/mol. The van der Waals surface area contributed by atoms with Crippen LogP contribution < -0.4 is 4.74 Å². The second kappa shape index (κ2) is 4.46. The highest BCUT2D eigenvalue weighted by Crippen LogP contribution is 2.48. The van der Waals surface area contributed by atoms with E-state index in [1.807, 2.05) is 30.3 Å². The monoisotopic (exact) mass is 220 g/mol. The second-order valence-electron chi connectivity index (χ2n) is 4.61. The standard InChI is InChI=1S/C14H20O2/c1-3-14(4-2)12(15)10-13(14)16-11-8-6-5-7-9-11/h5-9,12-13,15H,3-4,10H2,1-2H3. The molecule has 0 aliphatic heterocycles. The van der Waals surface area contributed by atoms with Crippen molar-refractivity contribution in [2.75, 3.05) is 0 Å². The zero-order valence-electron chi connectivity index (χ0n) is 10.0. The first kappa shape index (κ1) is 11.5. The van der Waals surface area contributed by atoms with E-state index in [0.717, 1.165) is 25.0 Å². The summed E-state index contributed by atoms with van der Waals surface area (Å²) in [6.45, 7) is 4.26. The number of aliphatic hydroxyl groups is 1. The van der Waals surface area contributed by atoms with Crippen LogP contribution in [-0.4, -0.2) is 17.3 Å². The third-order valence-electron chi connectivity index (χ3n) is 4.08. The number of benzene rings is 1. The molecule has 2 nitrogen and oxygen atoms in total. The van der Waals surface area contributed by atoms with Crippen molar-refractivity contribution >= 4 is 0 Å². The molecule has 2 unspecified atom stereocenters. The van der Waals surface area contributed by atoms with Gasteiger partial charge in [0.2, 0.25) is 0 Å². The first-order valence-corrected chi connectivity index (χ1v) is 6.12. The molecule has 1 saturated carbocycles. The zero-order chi connectivity index (χ0) is 11.6. The number of hydrogen-bond acceptors (Lipinski definition) is 2. The van der Waals surface area contributed by atoms with E-state index in [4.69, 9.17) is 4.74 Å². The Bertz CT molecular complexity index is 330. The number of ether oxygens (including phenoxy) is 1. The second-order valence-corrected chi connectivity index (χ2v) is 4.61. The molecule has 2 heteroatoms. The van der Waals surface area contributed by atoms with Gasteiger partial charge in [0, 0.05) is 11.8 Å². The fourth-order valence-corrected chi connectivity index (χ4v) is 2.73. The topological polar surface area (TPSA) is 29.5 Å². The molecule has 0 saturated heterocycles. The lowest BCUT2D eigenvalue weighted by Gasteiger charge is -2.52. The van der Waals surface area contributed by atoms with Crippen molar-refractivity contribution in [3.05, 3.63) is 30.3 Å². The smallest absolute Gasteiger partial charge is 0.119 e. The van der Waals surface area contributed by atoms with E-state index >= 15 is 0 Å². The van der Waals surface area contributed by atoms with Gasteiger partial charge in [-0.1, -0.05) is 32.0 Å². The van der Waals surface area contributed by atoms with E-state index in [9.17, 15) is 5.11 Å². The SMILES string of the molecule is CCC1(CC)C(O)CC1Oc1ccccc1. The van der Waals surface area contributed by atoms with Gasteiger partial charge in [-0.3, -0.25) is 0 Å². The van der Waals surface area contributed by atoms with Crippen LogP contribution in [0.2, 0.25) is 0 Å². The Morgan fingerprint density at radius 2 is 1.88 bits per heavy atom. The minimum atomic E-state index is -0.198. The summed E-state index contributed by atoms with van der Waals surface area (Å²) in [6.07, 6.45) is 2.68. The first-order valence-electron chi connectivity index (χ1n) is 6.12. The maximum absolute atomic E-state index is 9.93. The molecule has 2 rings (SSSR count). The lowest BCUT2D eigenvalue weighted by molar-refractivity contribution is -0.159. The number of hydrogen-bond donors (Lipinski definition) is 1. The van der Waals surface area contributed by atoms with Crippen LogP contribution in [-0.2, 0) is 0 Å². The lowest BCUT2D eigenvalue weighted by Crippen LogP contribution is -2.59. The van der Waals surface area contributed by atoms with Crippen LogP contribution in [0.3, 0.4) is 0 Å². The molecule has 1 aliphatic carbocycles. The summed E-state index contributed by atoms with van der Waals surface area (Å²) in [7, 11) is 0. The van der Waals surface area contributed by atoms with Gasteiger partial charge in [-0.25, -0.2) is 0 Å². The van der Waals surface area contributed by atoms with E-state index in [-0.39, 0.29) is 17.6 Å². The van der Waals surface area contributed by atoms with Crippen LogP contribution in [0.15, 0.2) is 30.3 Å². The number of para-hydroxylation sites is 1. The summed E-state index contributed by atoms with van der Waals surface area (Å²) in [4.78, 5) is 0. The van der Waals surface area contributed by atoms with E-state index in [0.29, 0.717) is 0 Å². The molecule has 0 amide bonds. The summed E-state index contributed by atoms with van der Waals surface area (Å²) >= 11 is 0. The molecule has 0 heterocycles. The molecule has 1 aromatic rings. The molecular formula is C14H20O2. The van der Waals surface area contributed by atoms with Gasteiger partial charge in [-0.05, 0) is 25.0 Å². The first-order chi connectivity index (χ1) is 7.73. The predicted octanol–water partition coefficient (Wildman–Crippen LogP) is 3.01. The summed E-state index contributed by atoms with van der Waals surface area (Å²) in [5.74, 6) is 0.908. The fraction of sp³-hybridized carbons (Fsp3) is 0.571. The molecule has 2 atom stereocenters. The molecule has 1 aliphatic rings. The predicted molar refractivity (Wildman–Crippen MR) is 64.5 cm³/mol. The van der Waals surface area contributed by atoms with Gasteiger partial charge >= 0.3 is 0 Å². The lowest BCUT2D eigenvalue weighted by atomic mass is 9.60. The Labute approximate surface area is 97.3 Å². The van der Waals surface area contributed by atoms with Crippen molar-refractivity contribution in [2.24, 2.45) is 5.41 Å². The minimum Gasteiger partial charge on any atom is -0.490 e. The van der Waals surface area contributed by atoms with E-state index in [1.54, 1.807) is 0 Å². The largest absolute Gasteiger partial charge is 0.490 e. The molecule has 1 N–H and O–H groups in total. The van der Waals surface area contributed by atoms with Gasteiger partial charge < -0.3 is 9.84 Å². The number of rotatable bonds is 4. The Kier molecular flexibility index (Phi) is 3.20. The molecule has 0 bridgehead atoms. The van der Waals surface area contributed by atoms with E-state index < -0.39 is 0 Å².